The average molecular weight is 483 g/mol. The monoisotopic (exact) mass is 483 g/mol. The molecule has 1 saturated heterocycles. The smallest absolute Gasteiger partial charge is 0.311 e. The molecule has 1 atom stereocenters. The maximum Gasteiger partial charge on any atom is 0.311 e. The summed E-state index contributed by atoms with van der Waals surface area (Å²) in [5, 5.41) is 32.5. The number of aliphatic hydroxyl groups is 1. The first-order valence-electron chi connectivity index (χ1n) is 11.1. The normalized spacial score (nSPS) is 18.5. The highest BCUT2D eigenvalue weighted by Crippen LogP contribution is 2.43. The Bertz CT molecular complexity index is 1220. The second-order valence-corrected chi connectivity index (χ2v) is 8.09. The summed E-state index contributed by atoms with van der Waals surface area (Å²) in [5.41, 5.74) is -0.321. The third-order valence-electron chi connectivity index (χ3n) is 6.25. The number of ether oxygens (including phenoxy) is 2. The van der Waals surface area contributed by atoms with Crippen LogP contribution < -0.4 is 9.47 Å². The fraction of sp³-hybridized carbons (Fsp3) is 0.333. The van der Waals surface area contributed by atoms with Crippen molar-refractivity contribution in [2.45, 2.75) is 19.9 Å². The standard InChI is InChI=1S/C24H25N3O8/c1-3-25(4-2)9-10-26-21(14-5-7-17(28)16(11-14)27(32)33)20(23(30)24(26)31)22(29)15-6-8-18-19(12-15)35-13-34-18/h5-8,11-12,21,28-29H,3-4,9-10,13H2,1-2H3/b22-20+. The van der Waals surface area contributed by atoms with Crippen LogP contribution in [0.15, 0.2) is 42.0 Å². The Kier molecular flexibility index (Phi) is 6.61. The lowest BCUT2D eigenvalue weighted by molar-refractivity contribution is -0.385. The number of carbonyl (C=O) groups is 2. The number of likely N-dealkylation sites (tertiary alicyclic amines) is 1. The summed E-state index contributed by atoms with van der Waals surface area (Å²) in [6, 6.07) is 7.17. The van der Waals surface area contributed by atoms with Gasteiger partial charge in [-0.1, -0.05) is 19.9 Å². The van der Waals surface area contributed by atoms with Gasteiger partial charge in [-0.2, -0.15) is 0 Å². The molecule has 2 aromatic rings. The molecular formula is C24H25N3O8. The second kappa shape index (κ2) is 9.63. The third kappa shape index (κ3) is 4.37. The number of carbonyl (C=O) groups excluding carboxylic acids is 2. The lowest BCUT2D eigenvalue weighted by Gasteiger charge is -2.28. The maximum atomic E-state index is 13.2. The van der Waals surface area contributed by atoms with Crippen molar-refractivity contribution in [3.8, 4) is 17.2 Å². The number of nitrogens with zero attached hydrogens (tertiary/aromatic N) is 3. The minimum Gasteiger partial charge on any atom is -0.507 e. The van der Waals surface area contributed by atoms with Gasteiger partial charge in [0.2, 0.25) is 6.79 Å². The predicted octanol–water partition coefficient (Wildman–Crippen LogP) is 2.79. The van der Waals surface area contributed by atoms with Crippen LogP contribution >= 0.6 is 0 Å². The minimum atomic E-state index is -1.09. The van der Waals surface area contributed by atoms with Crippen LogP contribution in [-0.2, 0) is 9.59 Å². The first-order valence-corrected chi connectivity index (χ1v) is 11.1. The average Bonchev–Trinajstić information content (AvgIpc) is 3.42. The van der Waals surface area contributed by atoms with Crippen LogP contribution in [0, 0.1) is 10.1 Å². The third-order valence-corrected chi connectivity index (χ3v) is 6.25. The highest BCUT2D eigenvalue weighted by atomic mass is 16.7. The van der Waals surface area contributed by atoms with Crippen LogP contribution in [0.2, 0.25) is 0 Å². The van der Waals surface area contributed by atoms with Crippen LogP contribution in [0.4, 0.5) is 5.69 Å². The van der Waals surface area contributed by atoms with E-state index in [0.29, 0.717) is 18.0 Å². The first-order chi connectivity index (χ1) is 16.8. The van der Waals surface area contributed by atoms with Crippen molar-refractivity contribution >= 4 is 23.1 Å². The Hall–Kier alpha value is -4.12. The molecule has 1 fully saturated rings. The molecule has 11 heteroatoms. The van der Waals surface area contributed by atoms with Gasteiger partial charge in [0.1, 0.15) is 5.76 Å². The van der Waals surface area contributed by atoms with Crippen LogP contribution in [0.1, 0.15) is 31.0 Å². The zero-order valence-corrected chi connectivity index (χ0v) is 19.3. The SMILES string of the molecule is CCN(CC)CCN1C(=O)C(=O)/C(=C(/O)c2ccc3c(c2)OCO3)C1c1ccc(O)c([N+](=O)[O-])c1. The van der Waals surface area contributed by atoms with E-state index < -0.39 is 39.9 Å². The van der Waals surface area contributed by atoms with Crippen molar-refractivity contribution in [2.75, 3.05) is 33.0 Å². The van der Waals surface area contributed by atoms with Gasteiger partial charge in [0.15, 0.2) is 17.2 Å². The number of nitro groups is 1. The van der Waals surface area contributed by atoms with Crippen LogP contribution in [0.25, 0.3) is 5.76 Å². The van der Waals surface area contributed by atoms with Crippen molar-refractivity contribution < 1.29 is 34.2 Å². The summed E-state index contributed by atoms with van der Waals surface area (Å²) in [6.07, 6.45) is 0. The van der Waals surface area contributed by atoms with Gasteiger partial charge in [0, 0.05) is 24.7 Å². The Morgan fingerprint density at radius 3 is 2.54 bits per heavy atom. The molecule has 0 aliphatic carbocycles. The maximum absolute atomic E-state index is 13.2. The Morgan fingerprint density at radius 2 is 1.86 bits per heavy atom. The number of nitro benzene ring substituents is 1. The molecular weight excluding hydrogens is 458 g/mol. The molecule has 11 nitrogen and oxygen atoms in total. The van der Waals surface area contributed by atoms with E-state index in [0.717, 1.165) is 25.2 Å². The summed E-state index contributed by atoms with van der Waals surface area (Å²) in [4.78, 5) is 40.3. The molecule has 0 aromatic heterocycles. The molecule has 2 aliphatic rings. The largest absolute Gasteiger partial charge is 0.507 e. The lowest BCUT2D eigenvalue weighted by Crippen LogP contribution is -2.38. The number of amides is 1. The van der Waals surface area contributed by atoms with Crippen molar-refractivity contribution in [3.63, 3.8) is 0 Å². The Labute approximate surface area is 200 Å². The van der Waals surface area contributed by atoms with E-state index in [1.807, 2.05) is 13.8 Å². The van der Waals surface area contributed by atoms with E-state index in [9.17, 15) is 29.9 Å². The number of ketones is 1. The van der Waals surface area contributed by atoms with E-state index in [1.165, 1.54) is 23.1 Å². The number of phenolic OH excluding ortho intramolecular Hbond substituents is 1. The lowest BCUT2D eigenvalue weighted by atomic mass is 9.94. The summed E-state index contributed by atoms with van der Waals surface area (Å²) in [6.45, 7) is 6.03. The Morgan fingerprint density at radius 1 is 1.14 bits per heavy atom. The van der Waals surface area contributed by atoms with Gasteiger partial charge in [0.25, 0.3) is 11.7 Å². The fourth-order valence-electron chi connectivity index (χ4n) is 4.30. The van der Waals surface area contributed by atoms with Crippen molar-refractivity contribution in [3.05, 3.63) is 63.2 Å². The topological polar surface area (TPSA) is 143 Å². The molecule has 0 saturated carbocycles. The van der Waals surface area contributed by atoms with Gasteiger partial charge < -0.3 is 29.5 Å². The number of likely N-dealkylation sites (N-methyl/N-ethyl adjacent to an activating group) is 1. The molecule has 1 unspecified atom stereocenters. The summed E-state index contributed by atoms with van der Waals surface area (Å²) in [7, 11) is 0. The minimum absolute atomic E-state index is 0.0203. The number of hydrogen-bond donors (Lipinski definition) is 2. The highest BCUT2D eigenvalue weighted by molar-refractivity contribution is 6.46. The molecule has 2 heterocycles. The van der Waals surface area contributed by atoms with Crippen LogP contribution in [0.5, 0.6) is 17.2 Å². The van der Waals surface area contributed by atoms with Gasteiger partial charge in [-0.25, -0.2) is 0 Å². The van der Waals surface area contributed by atoms with E-state index in [4.69, 9.17) is 9.47 Å². The van der Waals surface area contributed by atoms with Gasteiger partial charge >= 0.3 is 5.69 Å². The quantitative estimate of drug-likeness (QED) is 0.190. The molecule has 1 amide bonds. The number of benzene rings is 2. The van der Waals surface area contributed by atoms with Crippen molar-refractivity contribution in [1.82, 2.24) is 9.80 Å². The molecule has 2 N–H and O–H groups in total. The number of Topliss-reactive ketones (excluding diaryl/α,β-unsaturated/α-hetero) is 1. The first kappa shape index (κ1) is 24.0. The molecule has 4 rings (SSSR count). The van der Waals surface area contributed by atoms with E-state index in [2.05, 4.69) is 4.90 Å². The number of aromatic hydroxyl groups is 1. The van der Waals surface area contributed by atoms with Gasteiger partial charge in [0.05, 0.1) is 16.5 Å². The van der Waals surface area contributed by atoms with E-state index >= 15 is 0 Å². The van der Waals surface area contributed by atoms with Gasteiger partial charge in [-0.15, -0.1) is 0 Å². The van der Waals surface area contributed by atoms with E-state index in [-0.39, 0.29) is 30.0 Å². The fourth-order valence-corrected chi connectivity index (χ4v) is 4.30. The molecule has 2 aromatic carbocycles. The van der Waals surface area contributed by atoms with Gasteiger partial charge in [-0.3, -0.25) is 19.7 Å². The zero-order chi connectivity index (χ0) is 25.3. The molecule has 2 aliphatic heterocycles. The van der Waals surface area contributed by atoms with Crippen molar-refractivity contribution in [1.29, 1.82) is 0 Å². The summed E-state index contributed by atoms with van der Waals surface area (Å²) >= 11 is 0. The van der Waals surface area contributed by atoms with Gasteiger partial charge in [-0.05, 0) is 42.9 Å². The number of aliphatic hydroxyl groups excluding tert-OH is 1. The molecule has 0 radical (unpaired) electrons. The number of rotatable bonds is 8. The molecule has 0 spiro atoms. The summed E-state index contributed by atoms with van der Waals surface area (Å²) in [5.74, 6) is -1.85. The number of hydrogen-bond acceptors (Lipinski definition) is 9. The molecule has 35 heavy (non-hydrogen) atoms. The van der Waals surface area contributed by atoms with Crippen LogP contribution in [0.3, 0.4) is 0 Å². The second-order valence-electron chi connectivity index (χ2n) is 8.09. The Balaban J connectivity index is 1.84. The summed E-state index contributed by atoms with van der Waals surface area (Å²) < 4.78 is 10.6. The van der Waals surface area contributed by atoms with Crippen molar-refractivity contribution in [2.24, 2.45) is 0 Å². The number of fused-ring (bicyclic) bond motifs is 1. The zero-order valence-electron chi connectivity index (χ0n) is 19.3. The van der Waals surface area contributed by atoms with E-state index in [1.54, 1.807) is 6.07 Å². The molecule has 184 valence electrons. The number of phenols is 1. The molecule has 0 bridgehead atoms. The predicted molar refractivity (Wildman–Crippen MR) is 124 cm³/mol. The highest BCUT2D eigenvalue weighted by Gasteiger charge is 2.46. The van der Waals surface area contributed by atoms with Crippen LogP contribution in [-0.4, -0.2) is 69.6 Å².